The number of carboxylic acid groups (broad SMARTS) is 1. The first-order chi connectivity index (χ1) is 10.0. The average Bonchev–Trinajstić information content (AvgIpc) is 2.46. The number of hydroxylamine groups is 1. The van der Waals surface area contributed by atoms with Crippen LogP contribution in [0, 0.1) is 0 Å². The van der Waals surface area contributed by atoms with Gasteiger partial charge in [-0.05, 0) is 24.3 Å². The van der Waals surface area contributed by atoms with Gasteiger partial charge >= 0.3 is 5.97 Å². The number of hydrogen-bond donors (Lipinski definition) is 2. The van der Waals surface area contributed by atoms with Crippen molar-refractivity contribution in [2.75, 3.05) is 18.1 Å². The van der Waals surface area contributed by atoms with E-state index in [1.54, 1.807) is 36.1 Å². The summed E-state index contributed by atoms with van der Waals surface area (Å²) in [5.41, 5.74) is 4.60. The lowest BCUT2D eigenvalue weighted by Crippen LogP contribution is -2.35. The van der Waals surface area contributed by atoms with Gasteiger partial charge in [-0.3, -0.25) is 15.1 Å². The first kappa shape index (κ1) is 15.3. The second-order valence-electron chi connectivity index (χ2n) is 4.42. The summed E-state index contributed by atoms with van der Waals surface area (Å²) in [5, 5.41) is 9.09. The molecule has 21 heavy (non-hydrogen) atoms. The van der Waals surface area contributed by atoms with Crippen LogP contribution in [0.2, 0.25) is 5.02 Å². The van der Waals surface area contributed by atoms with E-state index in [-0.39, 0.29) is 5.91 Å². The number of benzene rings is 1. The summed E-state index contributed by atoms with van der Waals surface area (Å²) in [6.07, 6.45) is 2.16. The summed E-state index contributed by atoms with van der Waals surface area (Å²) in [6, 6.07) is 5.17. The summed E-state index contributed by atoms with van der Waals surface area (Å²) >= 11 is 5.99. The van der Waals surface area contributed by atoms with Gasteiger partial charge < -0.3 is 10.0 Å². The summed E-state index contributed by atoms with van der Waals surface area (Å²) in [4.78, 5) is 29.0. The van der Waals surface area contributed by atoms with Crippen molar-refractivity contribution in [2.45, 2.75) is 13.3 Å². The lowest BCUT2D eigenvalue weighted by atomic mass is 10.0. The van der Waals surface area contributed by atoms with Crippen LogP contribution >= 0.6 is 11.6 Å². The predicted molar refractivity (Wildman–Crippen MR) is 78.8 cm³/mol. The van der Waals surface area contributed by atoms with Gasteiger partial charge in [0.25, 0.3) is 0 Å². The number of aliphatic carboxylic acids is 1. The Kier molecular flexibility index (Phi) is 4.82. The summed E-state index contributed by atoms with van der Waals surface area (Å²) in [5.74, 6) is -1.08. The molecule has 0 spiro atoms. The maximum Gasteiger partial charge on any atom is 0.332 e. The molecule has 0 atom stereocenters. The molecule has 1 amide bonds. The monoisotopic (exact) mass is 310 g/mol. The van der Waals surface area contributed by atoms with E-state index >= 15 is 0 Å². The second-order valence-corrected chi connectivity index (χ2v) is 4.86. The van der Waals surface area contributed by atoms with Gasteiger partial charge in [0, 0.05) is 23.6 Å². The first-order valence-corrected chi connectivity index (χ1v) is 6.80. The molecule has 0 aromatic heterocycles. The standard InChI is InChI=1S/C14H15ClN2O4/c1-2-13(18)17-6-5-11(16-21-8-14(19)20)10-7-9(15)3-4-12(10)17/h3-5,7,16H,2,6,8H2,1H3,(H,19,20). The number of amides is 1. The Morgan fingerprint density at radius 3 is 2.90 bits per heavy atom. The van der Waals surface area contributed by atoms with Crippen molar-refractivity contribution in [3.8, 4) is 0 Å². The van der Waals surface area contributed by atoms with Gasteiger partial charge in [0.2, 0.25) is 5.91 Å². The third-order valence-corrected chi connectivity index (χ3v) is 3.23. The number of nitrogens with zero attached hydrogens (tertiary/aromatic N) is 1. The molecule has 0 saturated carbocycles. The molecule has 112 valence electrons. The van der Waals surface area contributed by atoms with E-state index < -0.39 is 12.6 Å². The molecule has 2 rings (SSSR count). The number of hydrogen-bond acceptors (Lipinski definition) is 4. The summed E-state index contributed by atoms with van der Waals surface area (Å²) in [7, 11) is 0. The Bertz CT molecular complexity index is 601. The summed E-state index contributed by atoms with van der Waals surface area (Å²) in [6.45, 7) is 1.72. The molecule has 0 aliphatic carbocycles. The smallest absolute Gasteiger partial charge is 0.332 e. The molecule has 0 saturated heterocycles. The van der Waals surface area contributed by atoms with Crippen molar-refractivity contribution < 1.29 is 19.5 Å². The Hall–Kier alpha value is -2.05. The number of halogens is 1. The first-order valence-electron chi connectivity index (χ1n) is 6.43. The minimum absolute atomic E-state index is 0.000303. The van der Waals surface area contributed by atoms with Gasteiger partial charge in [0.15, 0.2) is 6.61 Å². The van der Waals surface area contributed by atoms with Crippen LogP contribution in [0.4, 0.5) is 5.69 Å². The fourth-order valence-electron chi connectivity index (χ4n) is 2.05. The third-order valence-electron chi connectivity index (χ3n) is 3.00. The van der Waals surface area contributed by atoms with Gasteiger partial charge in [-0.1, -0.05) is 18.5 Å². The Balaban J connectivity index is 2.26. The number of anilines is 1. The molecule has 2 N–H and O–H groups in total. The van der Waals surface area contributed by atoms with E-state index in [4.69, 9.17) is 21.5 Å². The van der Waals surface area contributed by atoms with E-state index in [0.29, 0.717) is 29.2 Å². The highest BCUT2D eigenvalue weighted by molar-refractivity contribution is 6.31. The molecule has 0 unspecified atom stereocenters. The number of nitrogens with one attached hydrogen (secondary N) is 1. The molecular weight excluding hydrogens is 296 g/mol. The van der Waals surface area contributed by atoms with Gasteiger partial charge in [-0.25, -0.2) is 4.79 Å². The van der Waals surface area contributed by atoms with Gasteiger partial charge in [0.1, 0.15) is 0 Å². The molecule has 1 aromatic rings. The number of carbonyl (C=O) groups excluding carboxylic acids is 1. The van der Waals surface area contributed by atoms with E-state index in [1.807, 2.05) is 0 Å². The van der Waals surface area contributed by atoms with Gasteiger partial charge in [-0.2, -0.15) is 0 Å². The normalized spacial score (nSPS) is 13.4. The molecular formula is C14H15ClN2O4. The maximum atomic E-state index is 12.0. The Morgan fingerprint density at radius 1 is 1.48 bits per heavy atom. The molecule has 0 fully saturated rings. The highest BCUT2D eigenvalue weighted by atomic mass is 35.5. The Labute approximate surface area is 126 Å². The van der Waals surface area contributed by atoms with E-state index in [0.717, 1.165) is 5.69 Å². The van der Waals surface area contributed by atoms with Crippen molar-refractivity contribution in [3.05, 3.63) is 34.9 Å². The lowest BCUT2D eigenvalue weighted by molar-refractivity contribution is -0.143. The molecule has 1 aliphatic heterocycles. The average molecular weight is 311 g/mol. The van der Waals surface area contributed by atoms with E-state index in [1.165, 1.54) is 0 Å². The van der Waals surface area contributed by atoms with E-state index in [9.17, 15) is 9.59 Å². The molecule has 7 heteroatoms. The quantitative estimate of drug-likeness (QED) is 0.814. The summed E-state index contributed by atoms with van der Waals surface area (Å²) < 4.78 is 0. The zero-order valence-electron chi connectivity index (χ0n) is 11.4. The van der Waals surface area contributed by atoms with Crippen LogP contribution in [0.25, 0.3) is 5.70 Å². The lowest BCUT2D eigenvalue weighted by Gasteiger charge is -2.29. The van der Waals surface area contributed by atoms with E-state index in [2.05, 4.69) is 5.48 Å². The zero-order valence-corrected chi connectivity index (χ0v) is 12.2. The molecule has 0 bridgehead atoms. The SMILES string of the molecule is CCC(=O)N1CC=C(NOCC(=O)O)c2cc(Cl)ccc21. The van der Waals surface area contributed by atoms with Crippen molar-refractivity contribution in [1.29, 1.82) is 0 Å². The highest BCUT2D eigenvalue weighted by Gasteiger charge is 2.23. The van der Waals surface area contributed by atoms with Crippen LogP contribution in [0.3, 0.4) is 0 Å². The van der Waals surface area contributed by atoms with Crippen molar-refractivity contribution >= 4 is 34.9 Å². The predicted octanol–water partition coefficient (Wildman–Crippen LogP) is 2.04. The number of carboxylic acids is 1. The largest absolute Gasteiger partial charge is 0.479 e. The molecule has 1 heterocycles. The Morgan fingerprint density at radius 2 is 2.24 bits per heavy atom. The van der Waals surface area contributed by atoms with Gasteiger partial charge in [0.05, 0.1) is 11.4 Å². The zero-order chi connectivity index (χ0) is 15.4. The third kappa shape index (κ3) is 3.53. The van der Waals surface area contributed by atoms with Crippen LogP contribution in [0.15, 0.2) is 24.3 Å². The molecule has 1 aromatic carbocycles. The fraction of sp³-hybridized carbons (Fsp3) is 0.286. The van der Waals surface area contributed by atoms with Crippen molar-refractivity contribution in [1.82, 2.24) is 5.48 Å². The number of carbonyl (C=O) groups is 2. The van der Waals surface area contributed by atoms with Crippen LogP contribution in [0.5, 0.6) is 0 Å². The number of fused-ring (bicyclic) bond motifs is 1. The maximum absolute atomic E-state index is 12.0. The van der Waals surface area contributed by atoms with Crippen LogP contribution in [-0.4, -0.2) is 30.1 Å². The fourth-order valence-corrected chi connectivity index (χ4v) is 2.22. The van der Waals surface area contributed by atoms with Crippen molar-refractivity contribution in [3.63, 3.8) is 0 Å². The van der Waals surface area contributed by atoms with Crippen LogP contribution in [0.1, 0.15) is 18.9 Å². The van der Waals surface area contributed by atoms with Crippen LogP contribution < -0.4 is 10.4 Å². The topological polar surface area (TPSA) is 78.9 Å². The van der Waals surface area contributed by atoms with Crippen LogP contribution in [-0.2, 0) is 14.4 Å². The number of rotatable bonds is 5. The molecule has 6 nitrogen and oxygen atoms in total. The van der Waals surface area contributed by atoms with Gasteiger partial charge in [-0.15, -0.1) is 0 Å². The minimum atomic E-state index is -1.08. The van der Waals surface area contributed by atoms with Crippen molar-refractivity contribution in [2.24, 2.45) is 0 Å². The molecule has 0 radical (unpaired) electrons. The molecule has 1 aliphatic rings. The minimum Gasteiger partial charge on any atom is -0.479 e. The second kappa shape index (κ2) is 6.60. The highest BCUT2D eigenvalue weighted by Crippen LogP contribution is 2.32.